The van der Waals surface area contributed by atoms with Crippen LogP contribution in [0.25, 0.3) is 0 Å². The molecule has 0 bridgehead atoms. The second-order valence-corrected chi connectivity index (χ2v) is 11.1. The third kappa shape index (κ3) is 7.79. The summed E-state index contributed by atoms with van der Waals surface area (Å²) in [5, 5.41) is 7.66. The third-order valence-electron chi connectivity index (χ3n) is 8.11. The number of rotatable bonds is 9. The number of nitrogens with zero attached hydrogens (tertiary/aromatic N) is 4. The van der Waals surface area contributed by atoms with Gasteiger partial charge in [-0.1, -0.05) is 55.8 Å². The zero-order valence-electron chi connectivity index (χ0n) is 24.3. The summed E-state index contributed by atoms with van der Waals surface area (Å²) >= 11 is 0. The lowest BCUT2D eigenvalue weighted by molar-refractivity contribution is 0.0764. The molecule has 40 heavy (non-hydrogen) atoms. The van der Waals surface area contributed by atoms with E-state index in [-0.39, 0.29) is 24.8 Å². The first-order chi connectivity index (χ1) is 19.4. The van der Waals surface area contributed by atoms with Crippen LogP contribution < -0.4 is 5.73 Å². The molecule has 5 rings (SSSR count). The molecular weight excluding hydrogens is 498 g/mol. The van der Waals surface area contributed by atoms with E-state index in [1.807, 2.05) is 26.0 Å². The number of aryl methyl sites for hydroxylation is 1. The monoisotopic (exact) mass is 543 g/mol. The highest BCUT2D eigenvalue weighted by Crippen LogP contribution is 2.41. The Morgan fingerprint density at radius 2 is 1.55 bits per heavy atom. The van der Waals surface area contributed by atoms with E-state index in [9.17, 15) is 4.79 Å². The minimum Gasteiger partial charge on any atom is -0.386 e. The number of aromatic nitrogens is 2. The summed E-state index contributed by atoms with van der Waals surface area (Å²) < 4.78 is 0. The summed E-state index contributed by atoms with van der Waals surface area (Å²) in [5.74, 6) is 0.464. The smallest absolute Gasteiger partial charge is 0.254 e. The van der Waals surface area contributed by atoms with E-state index in [2.05, 4.69) is 63.1 Å². The van der Waals surface area contributed by atoms with Crippen LogP contribution in [-0.2, 0) is 19.6 Å². The fraction of sp³-hybridized carbons (Fsp3) is 0.469. The van der Waals surface area contributed by atoms with Crippen molar-refractivity contribution < 1.29 is 4.79 Å². The predicted molar refractivity (Wildman–Crippen MR) is 161 cm³/mol. The second-order valence-electron chi connectivity index (χ2n) is 11.1. The number of aromatic amines is 1. The minimum absolute atomic E-state index is 0.0505. The van der Waals surface area contributed by atoms with Crippen LogP contribution in [0.15, 0.2) is 60.9 Å². The summed E-state index contributed by atoms with van der Waals surface area (Å²) in [4.78, 5) is 27.1. The fourth-order valence-corrected chi connectivity index (χ4v) is 5.87. The number of benzene rings is 2. The molecule has 3 aromatic rings. The SMILES string of the molecule is CC.Cc1ccc(CN2CCC3(CC2)CCN(Cc2ccc(C(=O)N(CC(=N)N)Cc4ncc[nH]4)cc2)C3)cc1. The number of piperidine rings is 1. The summed E-state index contributed by atoms with van der Waals surface area (Å²) in [5.41, 5.74) is 10.6. The molecule has 0 unspecified atom stereocenters. The topological polar surface area (TPSA) is 105 Å². The summed E-state index contributed by atoms with van der Waals surface area (Å²) in [6.45, 7) is 13.1. The van der Waals surface area contributed by atoms with Crippen LogP contribution in [0.4, 0.5) is 0 Å². The molecule has 0 radical (unpaired) electrons. The zero-order valence-corrected chi connectivity index (χ0v) is 24.3. The number of likely N-dealkylation sites (tertiary alicyclic amines) is 2. The number of nitrogens with one attached hydrogen (secondary N) is 2. The van der Waals surface area contributed by atoms with Crippen molar-refractivity contribution in [2.45, 2.75) is 59.7 Å². The van der Waals surface area contributed by atoms with E-state index in [1.54, 1.807) is 17.3 Å². The molecule has 4 N–H and O–H groups in total. The summed E-state index contributed by atoms with van der Waals surface area (Å²) in [6.07, 6.45) is 7.18. The average Bonchev–Trinajstić information content (AvgIpc) is 3.62. The highest BCUT2D eigenvalue weighted by Gasteiger charge is 2.40. The van der Waals surface area contributed by atoms with Gasteiger partial charge in [-0.15, -0.1) is 0 Å². The van der Waals surface area contributed by atoms with Crippen LogP contribution in [0.2, 0.25) is 0 Å². The maximum atomic E-state index is 13.1. The predicted octanol–water partition coefficient (Wildman–Crippen LogP) is 4.81. The first kappa shape index (κ1) is 29.5. The van der Waals surface area contributed by atoms with Gasteiger partial charge in [0, 0.05) is 37.6 Å². The number of nitrogens with two attached hydrogens (primary N) is 1. The standard InChI is InChI=1S/C30H39N7O.C2H6/c1-23-2-4-24(5-3-23)18-35-15-10-30(11-16-35)12-17-36(22-30)19-25-6-8-26(9-7-25)29(38)37(20-27(31)32)21-28-33-13-14-34-28;1-2/h2-9,13-14H,10-12,15-22H2,1H3,(H3,31,32)(H,33,34);1-2H3. The fourth-order valence-electron chi connectivity index (χ4n) is 5.87. The molecule has 2 fully saturated rings. The van der Waals surface area contributed by atoms with Crippen molar-refractivity contribution in [1.82, 2.24) is 24.7 Å². The Balaban J connectivity index is 0.00000181. The lowest BCUT2D eigenvalue weighted by Gasteiger charge is -2.39. The summed E-state index contributed by atoms with van der Waals surface area (Å²) in [7, 11) is 0. The molecule has 214 valence electrons. The van der Waals surface area contributed by atoms with Gasteiger partial charge in [-0.2, -0.15) is 0 Å². The molecule has 1 spiro atoms. The van der Waals surface area contributed by atoms with Gasteiger partial charge in [0.1, 0.15) is 11.7 Å². The normalized spacial score (nSPS) is 16.9. The van der Waals surface area contributed by atoms with Crippen molar-refractivity contribution in [2.75, 3.05) is 32.7 Å². The van der Waals surface area contributed by atoms with E-state index in [0.29, 0.717) is 16.8 Å². The third-order valence-corrected chi connectivity index (χ3v) is 8.11. The van der Waals surface area contributed by atoms with Crippen LogP contribution in [0.3, 0.4) is 0 Å². The number of amidine groups is 1. The Kier molecular flexibility index (Phi) is 10.1. The van der Waals surface area contributed by atoms with Gasteiger partial charge in [-0.3, -0.25) is 20.0 Å². The highest BCUT2D eigenvalue weighted by molar-refractivity contribution is 5.96. The van der Waals surface area contributed by atoms with Gasteiger partial charge >= 0.3 is 0 Å². The van der Waals surface area contributed by atoms with Crippen molar-refractivity contribution in [3.63, 3.8) is 0 Å². The number of amides is 1. The summed E-state index contributed by atoms with van der Waals surface area (Å²) in [6, 6.07) is 16.8. The molecule has 1 aromatic heterocycles. The lowest BCUT2D eigenvalue weighted by atomic mass is 9.77. The Bertz CT molecular complexity index is 1210. The number of H-pyrrole nitrogens is 1. The molecule has 2 aromatic carbocycles. The molecule has 8 nitrogen and oxygen atoms in total. The number of hydrogen-bond donors (Lipinski definition) is 3. The van der Waals surface area contributed by atoms with Crippen LogP contribution in [0.5, 0.6) is 0 Å². The van der Waals surface area contributed by atoms with Gasteiger partial charge in [-0.25, -0.2) is 4.98 Å². The van der Waals surface area contributed by atoms with Crippen molar-refractivity contribution in [2.24, 2.45) is 11.1 Å². The van der Waals surface area contributed by atoms with Gasteiger partial charge in [0.2, 0.25) is 0 Å². The van der Waals surface area contributed by atoms with Crippen LogP contribution in [0, 0.1) is 17.7 Å². The number of hydrogen-bond acceptors (Lipinski definition) is 5. The Morgan fingerprint density at radius 1 is 0.975 bits per heavy atom. The van der Waals surface area contributed by atoms with Crippen molar-refractivity contribution in [1.29, 1.82) is 5.41 Å². The van der Waals surface area contributed by atoms with Crippen molar-refractivity contribution >= 4 is 11.7 Å². The maximum absolute atomic E-state index is 13.1. The van der Waals surface area contributed by atoms with Crippen LogP contribution in [0.1, 0.15) is 66.0 Å². The van der Waals surface area contributed by atoms with Gasteiger partial charge in [-0.05, 0) is 74.5 Å². The van der Waals surface area contributed by atoms with Crippen molar-refractivity contribution in [3.8, 4) is 0 Å². The molecule has 3 heterocycles. The molecular formula is C32H45N7O. The first-order valence-electron chi connectivity index (χ1n) is 14.6. The Labute approximate surface area is 239 Å². The molecule has 2 aliphatic heterocycles. The number of carbonyl (C=O) groups is 1. The zero-order chi connectivity index (χ0) is 28.5. The van der Waals surface area contributed by atoms with E-state index in [0.717, 1.165) is 26.2 Å². The largest absolute Gasteiger partial charge is 0.386 e. The van der Waals surface area contributed by atoms with Crippen LogP contribution >= 0.6 is 0 Å². The van der Waals surface area contributed by atoms with E-state index >= 15 is 0 Å². The van der Waals surface area contributed by atoms with Gasteiger partial charge in [0.05, 0.1) is 13.1 Å². The number of imidazole rings is 1. The molecule has 8 heteroatoms. The van der Waals surface area contributed by atoms with Crippen molar-refractivity contribution in [3.05, 3.63) is 89.0 Å². The molecule has 2 aliphatic rings. The Morgan fingerprint density at radius 3 is 2.12 bits per heavy atom. The molecule has 1 amide bonds. The van der Waals surface area contributed by atoms with Gasteiger partial charge in [0.25, 0.3) is 5.91 Å². The van der Waals surface area contributed by atoms with Gasteiger partial charge < -0.3 is 15.6 Å². The van der Waals surface area contributed by atoms with E-state index in [4.69, 9.17) is 11.1 Å². The molecule has 0 saturated carbocycles. The quantitative estimate of drug-likeness (QED) is 0.265. The maximum Gasteiger partial charge on any atom is 0.254 e. The average molecular weight is 544 g/mol. The lowest BCUT2D eigenvalue weighted by Crippen LogP contribution is -2.41. The second kappa shape index (κ2) is 13.7. The Hall–Kier alpha value is -3.49. The number of carbonyl (C=O) groups excluding carboxylic acids is 1. The molecule has 0 aliphatic carbocycles. The van der Waals surface area contributed by atoms with Gasteiger partial charge in [0.15, 0.2) is 0 Å². The minimum atomic E-state index is -0.152. The van der Waals surface area contributed by atoms with E-state index < -0.39 is 0 Å². The molecule has 2 saturated heterocycles. The highest BCUT2D eigenvalue weighted by atomic mass is 16.2. The van der Waals surface area contributed by atoms with E-state index in [1.165, 1.54) is 49.0 Å². The van der Waals surface area contributed by atoms with Crippen LogP contribution in [-0.4, -0.2) is 69.1 Å². The molecule has 0 atom stereocenters. The first-order valence-corrected chi connectivity index (χ1v) is 14.6.